The molecule has 0 saturated heterocycles. The summed E-state index contributed by atoms with van der Waals surface area (Å²) in [7, 11) is 0. The lowest BCUT2D eigenvalue weighted by Crippen LogP contribution is -2.21. The van der Waals surface area contributed by atoms with Gasteiger partial charge in [-0.1, -0.05) is 18.2 Å². The van der Waals surface area contributed by atoms with Crippen LogP contribution >= 0.6 is 11.3 Å². The van der Waals surface area contributed by atoms with E-state index in [1.165, 1.54) is 11.3 Å². The summed E-state index contributed by atoms with van der Waals surface area (Å²) < 4.78 is 11.5. The number of ether oxygens (including phenoxy) is 2. The molecule has 2 aromatic carbocycles. The summed E-state index contributed by atoms with van der Waals surface area (Å²) in [6, 6.07) is 14.6. The molecule has 1 atom stereocenters. The van der Waals surface area contributed by atoms with Crippen molar-refractivity contribution in [2.24, 2.45) is 0 Å². The lowest BCUT2D eigenvalue weighted by Gasteiger charge is -2.14. The highest BCUT2D eigenvalue weighted by Gasteiger charge is 2.22. The summed E-state index contributed by atoms with van der Waals surface area (Å²) in [5.74, 6) is 1.08. The molecule has 2 heterocycles. The van der Waals surface area contributed by atoms with Crippen molar-refractivity contribution in [3.8, 4) is 11.5 Å². The van der Waals surface area contributed by atoms with Crippen molar-refractivity contribution >= 4 is 28.8 Å². The number of nitrogens with one attached hydrogen (secondary N) is 2. The molecule has 6 nitrogen and oxygen atoms in total. The highest BCUT2D eigenvalue weighted by molar-refractivity contribution is 7.12. The average molecular weight is 437 g/mol. The van der Waals surface area contributed by atoms with Crippen LogP contribution in [0.5, 0.6) is 11.5 Å². The molecule has 4 rings (SSSR count). The molecule has 1 aromatic heterocycles. The number of thiophene rings is 1. The van der Waals surface area contributed by atoms with Crippen LogP contribution in [0.3, 0.4) is 0 Å². The van der Waals surface area contributed by atoms with Crippen molar-refractivity contribution in [3.05, 3.63) is 75.5 Å². The quantitative estimate of drug-likeness (QED) is 0.565. The summed E-state index contributed by atoms with van der Waals surface area (Å²) >= 11 is 1.40. The fourth-order valence-electron chi connectivity index (χ4n) is 3.46. The average Bonchev–Trinajstić information content (AvgIpc) is 3.42. The summed E-state index contributed by atoms with van der Waals surface area (Å²) in [5.41, 5.74) is 3.11. The van der Waals surface area contributed by atoms with Gasteiger partial charge in [0.25, 0.3) is 11.8 Å². The molecule has 1 unspecified atom stereocenters. The zero-order chi connectivity index (χ0) is 21.8. The lowest BCUT2D eigenvalue weighted by atomic mass is 10.1. The summed E-state index contributed by atoms with van der Waals surface area (Å²) in [6.45, 7) is 4.83. The normalized spacial score (nSPS) is 14.5. The van der Waals surface area contributed by atoms with Crippen LogP contribution in [0.1, 0.15) is 45.0 Å². The second-order valence-electron chi connectivity index (χ2n) is 7.33. The number of fused-ring (bicyclic) bond motifs is 1. The first-order chi connectivity index (χ1) is 15.0. The number of amides is 2. The number of carbonyl (C=O) groups is 2. The maximum Gasteiger partial charge on any atom is 0.261 e. The van der Waals surface area contributed by atoms with Crippen LogP contribution in [0.2, 0.25) is 0 Å². The van der Waals surface area contributed by atoms with Crippen molar-refractivity contribution in [3.63, 3.8) is 0 Å². The molecule has 0 radical (unpaired) electrons. The number of hydrogen-bond donors (Lipinski definition) is 2. The molecule has 0 aliphatic carbocycles. The molecule has 2 amide bonds. The Labute approximate surface area is 185 Å². The van der Waals surface area contributed by atoms with E-state index in [0.29, 0.717) is 35.0 Å². The van der Waals surface area contributed by atoms with Gasteiger partial charge < -0.3 is 20.1 Å². The van der Waals surface area contributed by atoms with E-state index >= 15 is 0 Å². The number of hydrogen-bond acceptors (Lipinski definition) is 5. The van der Waals surface area contributed by atoms with E-state index in [0.717, 1.165) is 23.3 Å². The SMILES string of the molecule is CCOc1cc2c(cc1NC(=O)c1ccc(CNC(=O)c3cccs3)cc1)OC(C)C2. The van der Waals surface area contributed by atoms with Crippen LogP contribution in [0.15, 0.2) is 53.9 Å². The molecule has 2 N–H and O–H groups in total. The van der Waals surface area contributed by atoms with Crippen LogP contribution in [0.25, 0.3) is 0 Å². The monoisotopic (exact) mass is 436 g/mol. The molecule has 1 aliphatic rings. The van der Waals surface area contributed by atoms with Crippen molar-refractivity contribution in [2.75, 3.05) is 11.9 Å². The number of benzene rings is 2. The molecule has 0 bridgehead atoms. The van der Waals surface area contributed by atoms with Crippen molar-refractivity contribution in [2.45, 2.75) is 32.9 Å². The predicted molar refractivity (Wildman–Crippen MR) is 121 cm³/mol. The number of rotatable bonds is 7. The topological polar surface area (TPSA) is 76.7 Å². The highest BCUT2D eigenvalue weighted by atomic mass is 32.1. The van der Waals surface area contributed by atoms with Crippen LogP contribution in [0, 0.1) is 0 Å². The Morgan fingerprint density at radius 3 is 2.68 bits per heavy atom. The van der Waals surface area contributed by atoms with Crippen LogP contribution < -0.4 is 20.1 Å². The van der Waals surface area contributed by atoms with Gasteiger partial charge in [0, 0.05) is 30.2 Å². The van der Waals surface area contributed by atoms with E-state index < -0.39 is 0 Å². The fourth-order valence-corrected chi connectivity index (χ4v) is 4.10. The second kappa shape index (κ2) is 9.22. The van der Waals surface area contributed by atoms with E-state index in [4.69, 9.17) is 9.47 Å². The zero-order valence-electron chi connectivity index (χ0n) is 17.4. The van der Waals surface area contributed by atoms with Gasteiger partial charge in [0.1, 0.15) is 17.6 Å². The fraction of sp³-hybridized carbons (Fsp3) is 0.250. The standard InChI is InChI=1S/C24H24N2O4S/c1-3-29-21-12-18-11-15(2)30-20(18)13-19(21)26-23(27)17-8-6-16(7-9-17)14-25-24(28)22-5-4-10-31-22/h4-10,12-13,15H,3,11,14H2,1-2H3,(H,25,28)(H,26,27). The van der Waals surface area contributed by atoms with Gasteiger partial charge in [0.05, 0.1) is 17.2 Å². The molecule has 1 aliphatic heterocycles. The predicted octanol–water partition coefficient (Wildman–Crippen LogP) is 4.65. The molecule has 7 heteroatoms. The third kappa shape index (κ3) is 4.88. The van der Waals surface area contributed by atoms with Gasteiger partial charge in [-0.2, -0.15) is 0 Å². The molecule has 3 aromatic rings. The summed E-state index contributed by atoms with van der Waals surface area (Å²) in [5, 5.41) is 7.68. The first-order valence-electron chi connectivity index (χ1n) is 10.2. The van der Waals surface area contributed by atoms with Crippen LogP contribution in [0.4, 0.5) is 5.69 Å². The third-order valence-electron chi connectivity index (χ3n) is 4.96. The maximum absolute atomic E-state index is 12.8. The van der Waals surface area contributed by atoms with Crippen LogP contribution in [-0.2, 0) is 13.0 Å². The summed E-state index contributed by atoms with van der Waals surface area (Å²) in [4.78, 5) is 25.5. The largest absolute Gasteiger partial charge is 0.492 e. The summed E-state index contributed by atoms with van der Waals surface area (Å²) in [6.07, 6.45) is 0.942. The number of anilines is 1. The molecule has 160 valence electrons. The lowest BCUT2D eigenvalue weighted by molar-refractivity contribution is 0.0953. The molecule has 0 fully saturated rings. The minimum atomic E-state index is -0.235. The Hall–Kier alpha value is -3.32. The molecule has 0 saturated carbocycles. The van der Waals surface area contributed by atoms with Gasteiger partial charge in [-0.25, -0.2) is 0 Å². The second-order valence-corrected chi connectivity index (χ2v) is 8.28. The zero-order valence-corrected chi connectivity index (χ0v) is 18.3. The highest BCUT2D eigenvalue weighted by Crippen LogP contribution is 2.38. The van der Waals surface area contributed by atoms with E-state index in [1.54, 1.807) is 18.2 Å². The van der Waals surface area contributed by atoms with E-state index in [1.807, 2.05) is 49.6 Å². The Morgan fingerprint density at radius 2 is 1.97 bits per heavy atom. The third-order valence-corrected chi connectivity index (χ3v) is 5.83. The van der Waals surface area contributed by atoms with Crippen molar-refractivity contribution in [1.82, 2.24) is 5.32 Å². The van der Waals surface area contributed by atoms with Crippen LogP contribution in [-0.4, -0.2) is 24.5 Å². The number of carbonyl (C=O) groups excluding carboxylic acids is 2. The first-order valence-corrected chi connectivity index (χ1v) is 11.1. The minimum absolute atomic E-state index is 0.103. The van der Waals surface area contributed by atoms with E-state index in [-0.39, 0.29) is 17.9 Å². The minimum Gasteiger partial charge on any atom is -0.492 e. The Bertz CT molecular complexity index is 1080. The molecular weight excluding hydrogens is 412 g/mol. The first kappa shape index (κ1) is 20.9. The smallest absolute Gasteiger partial charge is 0.261 e. The van der Waals surface area contributed by atoms with E-state index in [2.05, 4.69) is 10.6 Å². The van der Waals surface area contributed by atoms with E-state index in [9.17, 15) is 9.59 Å². The van der Waals surface area contributed by atoms with Gasteiger partial charge in [0.15, 0.2) is 0 Å². The maximum atomic E-state index is 12.8. The molecule has 31 heavy (non-hydrogen) atoms. The van der Waals surface area contributed by atoms with Crippen molar-refractivity contribution in [1.29, 1.82) is 0 Å². The van der Waals surface area contributed by atoms with Gasteiger partial charge in [-0.15, -0.1) is 11.3 Å². The molecular formula is C24H24N2O4S. The Balaban J connectivity index is 1.42. The van der Waals surface area contributed by atoms with Gasteiger partial charge in [-0.3, -0.25) is 9.59 Å². The van der Waals surface area contributed by atoms with Gasteiger partial charge in [-0.05, 0) is 49.1 Å². The van der Waals surface area contributed by atoms with Crippen molar-refractivity contribution < 1.29 is 19.1 Å². The Kier molecular flexibility index (Phi) is 6.23. The molecule has 0 spiro atoms. The van der Waals surface area contributed by atoms with Gasteiger partial charge in [0.2, 0.25) is 0 Å². The Morgan fingerprint density at radius 1 is 1.16 bits per heavy atom. The van der Waals surface area contributed by atoms with Gasteiger partial charge >= 0.3 is 0 Å².